The molecule has 0 atom stereocenters. The summed E-state index contributed by atoms with van der Waals surface area (Å²) in [4.78, 5) is 2.74. The fourth-order valence-corrected chi connectivity index (χ4v) is 5.83. The van der Waals surface area contributed by atoms with Gasteiger partial charge in [-0.25, -0.2) is 8.42 Å². The first kappa shape index (κ1) is 21.2. The molecule has 0 amide bonds. The van der Waals surface area contributed by atoms with E-state index in [-0.39, 0.29) is 6.54 Å². The maximum atomic E-state index is 13.1. The maximum Gasteiger partial charge on any atom is 0.243 e. The highest BCUT2D eigenvalue weighted by molar-refractivity contribution is 7.89. The lowest BCUT2D eigenvalue weighted by molar-refractivity contribution is 0.238. The molecule has 1 fully saturated rings. The third kappa shape index (κ3) is 4.46. The van der Waals surface area contributed by atoms with Crippen molar-refractivity contribution in [1.29, 1.82) is 0 Å². The second-order valence-corrected chi connectivity index (χ2v) is 10.3. The third-order valence-electron chi connectivity index (χ3n) is 6.34. The van der Waals surface area contributed by atoms with Gasteiger partial charge in [0.2, 0.25) is 10.0 Å². The van der Waals surface area contributed by atoms with E-state index in [1.165, 1.54) is 30.2 Å². The number of ether oxygens (including phenoxy) is 1. The first-order chi connectivity index (χ1) is 15.6. The van der Waals surface area contributed by atoms with Gasteiger partial charge in [-0.05, 0) is 79.4 Å². The predicted molar refractivity (Wildman–Crippen MR) is 123 cm³/mol. The Hall–Kier alpha value is -2.61. The van der Waals surface area contributed by atoms with Crippen LogP contribution in [0.25, 0.3) is 11.1 Å². The van der Waals surface area contributed by atoms with Gasteiger partial charge in [-0.15, -0.1) is 0 Å². The van der Waals surface area contributed by atoms with E-state index in [0.29, 0.717) is 24.5 Å². The Morgan fingerprint density at radius 1 is 0.875 bits per heavy atom. The highest BCUT2D eigenvalue weighted by Crippen LogP contribution is 2.28. The number of rotatable bonds is 7. The fraction of sp³-hybridized carbons (Fsp3) is 0.360. The molecule has 2 aromatic carbocycles. The topological polar surface area (TPSA) is 63.0 Å². The van der Waals surface area contributed by atoms with E-state index in [2.05, 4.69) is 4.90 Å². The number of benzene rings is 2. The molecule has 1 saturated heterocycles. The molecule has 0 aliphatic carbocycles. The smallest absolute Gasteiger partial charge is 0.243 e. The molecule has 6 nitrogen and oxygen atoms in total. The zero-order valence-electron chi connectivity index (χ0n) is 18.1. The van der Waals surface area contributed by atoms with Gasteiger partial charge in [-0.2, -0.15) is 4.31 Å². The van der Waals surface area contributed by atoms with Crippen LogP contribution in [-0.2, 0) is 23.0 Å². The van der Waals surface area contributed by atoms with Crippen molar-refractivity contribution in [2.45, 2.75) is 30.7 Å². The largest absolute Gasteiger partial charge is 0.492 e. The Bertz CT molecular complexity index is 1150. The molecular formula is C25H28N2O4S. The SMILES string of the molecule is O=S(=O)(c1ccc(-c2ccc(OCCN3CCCC3)cc2)cc1)N1CCc2ccoc2C1. The molecule has 0 unspecified atom stereocenters. The molecule has 0 N–H and O–H groups in total. The van der Waals surface area contributed by atoms with Crippen molar-refractivity contribution < 1.29 is 17.6 Å². The third-order valence-corrected chi connectivity index (χ3v) is 8.20. The average molecular weight is 453 g/mol. The van der Waals surface area contributed by atoms with E-state index in [4.69, 9.17) is 9.15 Å². The summed E-state index contributed by atoms with van der Waals surface area (Å²) in [5.41, 5.74) is 3.09. The molecule has 0 bridgehead atoms. The standard InChI is InChI=1S/C25H28N2O4S/c28-32(29,27-15-11-22-12-17-31-25(22)19-27)24-9-5-21(6-10-24)20-3-7-23(8-4-20)30-18-16-26-13-1-2-14-26/h3-10,12,17H,1-2,11,13-16,18-19H2. The van der Waals surface area contributed by atoms with Gasteiger partial charge in [0.05, 0.1) is 17.7 Å². The quantitative estimate of drug-likeness (QED) is 0.538. The Balaban J connectivity index is 1.22. The van der Waals surface area contributed by atoms with Gasteiger partial charge in [-0.3, -0.25) is 4.90 Å². The molecule has 2 aliphatic heterocycles. The van der Waals surface area contributed by atoms with Gasteiger partial charge in [0.1, 0.15) is 18.1 Å². The first-order valence-corrected chi connectivity index (χ1v) is 12.6. The Morgan fingerprint density at radius 3 is 2.28 bits per heavy atom. The van der Waals surface area contributed by atoms with Crippen LogP contribution in [0.15, 0.2) is 70.2 Å². The number of sulfonamides is 1. The molecule has 5 rings (SSSR count). The summed E-state index contributed by atoms with van der Waals surface area (Å²) >= 11 is 0. The van der Waals surface area contributed by atoms with Gasteiger partial charge in [0.25, 0.3) is 0 Å². The molecule has 168 valence electrons. The highest BCUT2D eigenvalue weighted by Gasteiger charge is 2.29. The summed E-state index contributed by atoms with van der Waals surface area (Å²) in [7, 11) is -3.56. The molecular weight excluding hydrogens is 424 g/mol. The van der Waals surface area contributed by atoms with Crippen molar-refractivity contribution >= 4 is 10.0 Å². The van der Waals surface area contributed by atoms with Crippen LogP contribution in [0.2, 0.25) is 0 Å². The highest BCUT2D eigenvalue weighted by atomic mass is 32.2. The van der Waals surface area contributed by atoms with Crippen molar-refractivity contribution in [2.24, 2.45) is 0 Å². The fourth-order valence-electron chi connectivity index (χ4n) is 4.43. The lowest BCUT2D eigenvalue weighted by Crippen LogP contribution is -2.35. The summed E-state index contributed by atoms with van der Waals surface area (Å²) in [5, 5.41) is 0. The lowest BCUT2D eigenvalue weighted by Gasteiger charge is -2.25. The van der Waals surface area contributed by atoms with Crippen LogP contribution >= 0.6 is 0 Å². The first-order valence-electron chi connectivity index (χ1n) is 11.2. The van der Waals surface area contributed by atoms with Gasteiger partial charge in [0.15, 0.2) is 0 Å². The van der Waals surface area contributed by atoms with Crippen LogP contribution in [0, 0.1) is 0 Å². The minimum absolute atomic E-state index is 0.283. The molecule has 3 heterocycles. The van der Waals surface area contributed by atoms with E-state index >= 15 is 0 Å². The van der Waals surface area contributed by atoms with Crippen LogP contribution in [-0.4, -0.2) is 50.4 Å². The monoisotopic (exact) mass is 452 g/mol. The second kappa shape index (κ2) is 9.10. The molecule has 2 aliphatic rings. The van der Waals surface area contributed by atoms with E-state index in [0.717, 1.165) is 34.7 Å². The summed E-state index contributed by atoms with van der Waals surface area (Å²) in [6.45, 7) is 4.77. The van der Waals surface area contributed by atoms with E-state index < -0.39 is 10.0 Å². The normalized spacial score (nSPS) is 17.4. The molecule has 1 aromatic heterocycles. The predicted octanol–water partition coefficient (Wildman–Crippen LogP) is 4.17. The van der Waals surface area contributed by atoms with Gasteiger partial charge < -0.3 is 9.15 Å². The zero-order chi connectivity index (χ0) is 22.0. The number of nitrogens with zero attached hydrogens (tertiary/aromatic N) is 2. The molecule has 7 heteroatoms. The van der Waals surface area contributed by atoms with Crippen molar-refractivity contribution in [2.75, 3.05) is 32.8 Å². The van der Waals surface area contributed by atoms with Gasteiger partial charge in [0, 0.05) is 13.1 Å². The molecule has 0 radical (unpaired) electrons. The molecule has 0 spiro atoms. The van der Waals surface area contributed by atoms with Gasteiger partial charge >= 0.3 is 0 Å². The van der Waals surface area contributed by atoms with E-state index in [1.807, 2.05) is 42.5 Å². The minimum Gasteiger partial charge on any atom is -0.492 e. The Kier molecular flexibility index (Phi) is 6.04. The summed E-state index contributed by atoms with van der Waals surface area (Å²) < 4.78 is 38.9. The Morgan fingerprint density at radius 2 is 1.56 bits per heavy atom. The lowest BCUT2D eigenvalue weighted by atomic mass is 10.1. The van der Waals surface area contributed by atoms with Crippen LogP contribution < -0.4 is 4.74 Å². The van der Waals surface area contributed by atoms with Crippen molar-refractivity contribution in [1.82, 2.24) is 9.21 Å². The van der Waals surface area contributed by atoms with Crippen molar-refractivity contribution in [3.05, 3.63) is 72.2 Å². The summed E-state index contributed by atoms with van der Waals surface area (Å²) in [5.74, 6) is 1.59. The summed E-state index contributed by atoms with van der Waals surface area (Å²) in [6.07, 6.45) is 4.88. The van der Waals surface area contributed by atoms with Crippen LogP contribution in [0.1, 0.15) is 24.2 Å². The number of furan rings is 1. The Labute approximate surface area is 189 Å². The van der Waals surface area contributed by atoms with Crippen molar-refractivity contribution in [3.63, 3.8) is 0 Å². The number of hydrogen-bond donors (Lipinski definition) is 0. The summed E-state index contributed by atoms with van der Waals surface area (Å²) in [6, 6.07) is 17.0. The number of fused-ring (bicyclic) bond motifs is 1. The van der Waals surface area contributed by atoms with Crippen LogP contribution in [0.5, 0.6) is 5.75 Å². The zero-order valence-corrected chi connectivity index (χ0v) is 18.9. The molecule has 32 heavy (non-hydrogen) atoms. The molecule has 0 saturated carbocycles. The van der Waals surface area contributed by atoms with E-state index in [1.54, 1.807) is 18.4 Å². The number of hydrogen-bond acceptors (Lipinski definition) is 5. The molecule has 3 aromatic rings. The minimum atomic E-state index is -3.56. The maximum absolute atomic E-state index is 13.1. The van der Waals surface area contributed by atoms with Gasteiger partial charge in [-0.1, -0.05) is 24.3 Å². The number of likely N-dealkylation sites (tertiary alicyclic amines) is 1. The van der Waals surface area contributed by atoms with Crippen LogP contribution in [0.4, 0.5) is 0 Å². The van der Waals surface area contributed by atoms with Crippen LogP contribution in [0.3, 0.4) is 0 Å². The average Bonchev–Trinajstić information content (AvgIpc) is 3.51. The second-order valence-electron chi connectivity index (χ2n) is 8.40. The van der Waals surface area contributed by atoms with E-state index in [9.17, 15) is 8.42 Å². The van der Waals surface area contributed by atoms with Crippen molar-refractivity contribution in [3.8, 4) is 16.9 Å².